The van der Waals surface area contributed by atoms with Gasteiger partial charge in [0, 0.05) is 6.20 Å². The highest BCUT2D eigenvalue weighted by atomic mass is 16.4. The Labute approximate surface area is 81.2 Å². The van der Waals surface area contributed by atoms with Crippen LogP contribution >= 0.6 is 0 Å². The Morgan fingerprint density at radius 3 is 2.71 bits per heavy atom. The summed E-state index contributed by atoms with van der Waals surface area (Å²) in [5, 5.41) is 18.7. The molecule has 1 fully saturated rings. The summed E-state index contributed by atoms with van der Waals surface area (Å²) >= 11 is 0. The quantitative estimate of drug-likeness (QED) is 0.727. The Morgan fingerprint density at radius 1 is 1.50 bits per heavy atom. The van der Waals surface area contributed by atoms with Crippen LogP contribution in [0.1, 0.15) is 18.5 Å². The zero-order valence-electron chi connectivity index (χ0n) is 7.55. The zero-order chi connectivity index (χ0) is 10.2. The molecule has 0 amide bonds. The second-order valence-corrected chi connectivity index (χ2v) is 3.69. The van der Waals surface area contributed by atoms with Crippen LogP contribution in [0.3, 0.4) is 0 Å². The number of aliphatic hydroxyl groups is 1. The van der Waals surface area contributed by atoms with Gasteiger partial charge in [0.2, 0.25) is 0 Å². The molecule has 0 unspecified atom stereocenters. The minimum Gasteiger partial charge on any atom is -0.481 e. The van der Waals surface area contributed by atoms with Gasteiger partial charge in [-0.2, -0.15) is 0 Å². The van der Waals surface area contributed by atoms with E-state index in [1.54, 1.807) is 24.4 Å². The lowest BCUT2D eigenvalue weighted by Crippen LogP contribution is -2.45. The van der Waals surface area contributed by atoms with E-state index >= 15 is 0 Å². The predicted molar refractivity (Wildman–Crippen MR) is 48.5 cm³/mol. The maximum atomic E-state index is 10.6. The Morgan fingerprint density at radius 2 is 2.21 bits per heavy atom. The molecule has 0 atom stereocenters. The number of carbonyl (C=O) groups is 1. The highest BCUT2D eigenvalue weighted by Crippen LogP contribution is 2.44. The van der Waals surface area contributed by atoms with Crippen LogP contribution in [-0.4, -0.2) is 21.2 Å². The summed E-state index contributed by atoms with van der Waals surface area (Å²) < 4.78 is 0. The number of hydrogen-bond donors (Lipinski definition) is 2. The van der Waals surface area contributed by atoms with Gasteiger partial charge in [0.25, 0.3) is 0 Å². The molecule has 74 valence electrons. The van der Waals surface area contributed by atoms with Crippen LogP contribution in [-0.2, 0) is 10.4 Å². The van der Waals surface area contributed by atoms with Crippen molar-refractivity contribution in [1.29, 1.82) is 0 Å². The molecule has 0 aromatic carbocycles. The third-order valence-electron chi connectivity index (χ3n) is 2.66. The molecule has 1 saturated carbocycles. The maximum absolute atomic E-state index is 10.6. The first-order chi connectivity index (χ1) is 6.62. The number of rotatable bonds is 2. The molecule has 0 aliphatic heterocycles. The summed E-state index contributed by atoms with van der Waals surface area (Å²) in [6.45, 7) is 0. The van der Waals surface area contributed by atoms with Gasteiger partial charge in [-0.05, 0) is 25.0 Å². The van der Waals surface area contributed by atoms with Gasteiger partial charge < -0.3 is 10.2 Å². The van der Waals surface area contributed by atoms with Crippen LogP contribution in [0.4, 0.5) is 0 Å². The Kier molecular flexibility index (Phi) is 2.00. The van der Waals surface area contributed by atoms with Gasteiger partial charge in [-0.25, -0.2) is 0 Å². The summed E-state index contributed by atoms with van der Waals surface area (Å²) in [5.41, 5.74) is -0.456. The maximum Gasteiger partial charge on any atom is 0.306 e. The first-order valence-electron chi connectivity index (χ1n) is 4.48. The van der Waals surface area contributed by atoms with Crippen LogP contribution < -0.4 is 0 Å². The highest BCUT2D eigenvalue weighted by molar-refractivity contribution is 5.71. The van der Waals surface area contributed by atoms with Gasteiger partial charge >= 0.3 is 5.97 Å². The molecule has 4 heteroatoms. The first kappa shape index (κ1) is 9.15. The Hall–Kier alpha value is -1.42. The van der Waals surface area contributed by atoms with Crippen molar-refractivity contribution in [1.82, 2.24) is 4.98 Å². The molecule has 1 heterocycles. The van der Waals surface area contributed by atoms with Crippen molar-refractivity contribution in [3.63, 3.8) is 0 Å². The molecular weight excluding hydrogens is 182 g/mol. The average Bonchev–Trinajstić information content (AvgIpc) is 2.14. The van der Waals surface area contributed by atoms with Crippen molar-refractivity contribution in [3.8, 4) is 0 Å². The summed E-state index contributed by atoms with van der Waals surface area (Å²) in [5.74, 6) is -1.27. The van der Waals surface area contributed by atoms with Crippen molar-refractivity contribution in [3.05, 3.63) is 30.1 Å². The van der Waals surface area contributed by atoms with Crippen LogP contribution in [0.15, 0.2) is 24.4 Å². The SMILES string of the molecule is O=C(O)C1CC(O)(c2ccccn2)C1. The van der Waals surface area contributed by atoms with Crippen molar-refractivity contribution in [2.75, 3.05) is 0 Å². The number of pyridine rings is 1. The third-order valence-corrected chi connectivity index (χ3v) is 2.66. The van der Waals surface area contributed by atoms with Crippen LogP contribution in [0.25, 0.3) is 0 Å². The molecule has 0 spiro atoms. The zero-order valence-corrected chi connectivity index (χ0v) is 7.55. The van der Waals surface area contributed by atoms with Crippen molar-refractivity contribution in [2.24, 2.45) is 5.92 Å². The molecule has 2 rings (SSSR count). The summed E-state index contributed by atoms with van der Waals surface area (Å²) in [7, 11) is 0. The van der Waals surface area contributed by atoms with E-state index in [-0.39, 0.29) is 12.8 Å². The predicted octanol–water partition coefficient (Wildman–Crippen LogP) is 0.764. The molecule has 1 aromatic rings. The van der Waals surface area contributed by atoms with Crippen LogP contribution in [0.2, 0.25) is 0 Å². The molecule has 2 N–H and O–H groups in total. The highest BCUT2D eigenvalue weighted by Gasteiger charge is 2.48. The van der Waals surface area contributed by atoms with E-state index in [9.17, 15) is 9.90 Å². The second kappa shape index (κ2) is 3.06. The molecular formula is C10H11NO3. The molecule has 0 radical (unpaired) electrons. The molecule has 14 heavy (non-hydrogen) atoms. The van der Waals surface area contributed by atoms with E-state index < -0.39 is 17.5 Å². The van der Waals surface area contributed by atoms with Crippen molar-refractivity contribution < 1.29 is 15.0 Å². The minimum absolute atomic E-state index is 0.263. The fourth-order valence-electron chi connectivity index (χ4n) is 1.78. The monoisotopic (exact) mass is 193 g/mol. The summed E-state index contributed by atoms with van der Waals surface area (Å²) in [6, 6.07) is 5.27. The molecule has 0 saturated heterocycles. The second-order valence-electron chi connectivity index (χ2n) is 3.69. The number of aromatic nitrogens is 1. The van der Waals surface area contributed by atoms with E-state index in [4.69, 9.17) is 5.11 Å². The lowest BCUT2D eigenvalue weighted by atomic mass is 9.69. The number of carboxylic acids is 1. The van der Waals surface area contributed by atoms with Crippen molar-refractivity contribution >= 4 is 5.97 Å². The normalized spacial score (nSPS) is 30.8. The number of aliphatic carboxylic acids is 1. The van der Waals surface area contributed by atoms with Crippen molar-refractivity contribution in [2.45, 2.75) is 18.4 Å². The number of carboxylic acid groups (broad SMARTS) is 1. The molecule has 1 aromatic heterocycles. The average molecular weight is 193 g/mol. The molecule has 4 nitrogen and oxygen atoms in total. The van der Waals surface area contributed by atoms with E-state index in [0.29, 0.717) is 5.69 Å². The van der Waals surface area contributed by atoms with E-state index in [2.05, 4.69) is 4.98 Å². The number of hydrogen-bond acceptors (Lipinski definition) is 3. The molecule has 1 aliphatic carbocycles. The van der Waals surface area contributed by atoms with Gasteiger partial charge in [-0.3, -0.25) is 9.78 Å². The van der Waals surface area contributed by atoms with E-state index in [1.165, 1.54) is 0 Å². The third kappa shape index (κ3) is 1.37. The standard InChI is InChI=1S/C10H11NO3/c12-9(13)7-5-10(14,6-7)8-3-1-2-4-11-8/h1-4,7,14H,5-6H2,(H,12,13). The Balaban J connectivity index is 2.12. The fourth-order valence-corrected chi connectivity index (χ4v) is 1.78. The first-order valence-corrected chi connectivity index (χ1v) is 4.48. The summed E-state index contributed by atoms with van der Waals surface area (Å²) in [4.78, 5) is 14.6. The minimum atomic E-state index is -1.02. The van der Waals surface area contributed by atoms with Gasteiger partial charge in [-0.15, -0.1) is 0 Å². The lowest BCUT2D eigenvalue weighted by Gasteiger charge is -2.40. The van der Waals surface area contributed by atoms with Gasteiger partial charge in [-0.1, -0.05) is 6.07 Å². The molecule has 0 bridgehead atoms. The van der Waals surface area contributed by atoms with Crippen LogP contribution in [0, 0.1) is 5.92 Å². The van der Waals surface area contributed by atoms with Gasteiger partial charge in [0.15, 0.2) is 0 Å². The van der Waals surface area contributed by atoms with E-state index in [1.807, 2.05) is 0 Å². The van der Waals surface area contributed by atoms with Gasteiger partial charge in [0.05, 0.1) is 11.6 Å². The lowest BCUT2D eigenvalue weighted by molar-refractivity contribution is -0.160. The summed E-state index contributed by atoms with van der Waals surface area (Å²) in [6.07, 6.45) is 2.13. The van der Waals surface area contributed by atoms with Crippen LogP contribution in [0.5, 0.6) is 0 Å². The molecule has 1 aliphatic rings. The topological polar surface area (TPSA) is 70.4 Å². The largest absolute Gasteiger partial charge is 0.481 e. The smallest absolute Gasteiger partial charge is 0.306 e. The number of nitrogens with zero attached hydrogens (tertiary/aromatic N) is 1. The fraction of sp³-hybridized carbons (Fsp3) is 0.400. The Bertz CT molecular complexity index is 344. The van der Waals surface area contributed by atoms with Gasteiger partial charge in [0.1, 0.15) is 5.60 Å². The van der Waals surface area contributed by atoms with E-state index in [0.717, 1.165) is 0 Å².